The molecule has 5 nitrogen and oxygen atoms in total. The minimum Gasteiger partial charge on any atom is -0.396 e. The van der Waals surface area contributed by atoms with E-state index in [1.165, 1.54) is 0 Å². The number of nitrogens with one attached hydrogen (secondary N) is 1. The van der Waals surface area contributed by atoms with E-state index in [0.29, 0.717) is 17.5 Å². The molecule has 0 aliphatic carbocycles. The van der Waals surface area contributed by atoms with Crippen LogP contribution in [-0.2, 0) is 15.8 Å². The lowest BCUT2D eigenvalue weighted by Gasteiger charge is -2.21. The van der Waals surface area contributed by atoms with Crippen LogP contribution in [0.5, 0.6) is 0 Å². The molecular weight excluding hydrogens is 276 g/mol. The first-order valence-electron chi connectivity index (χ1n) is 6.48. The van der Waals surface area contributed by atoms with Crippen molar-refractivity contribution in [1.29, 1.82) is 5.26 Å². The molecule has 0 amide bonds. The average Bonchev–Trinajstić information content (AvgIpc) is 2.38. The van der Waals surface area contributed by atoms with Gasteiger partial charge in [0.05, 0.1) is 17.4 Å². The molecule has 0 aliphatic heterocycles. The Morgan fingerprint density at radius 2 is 2.00 bits per heavy atom. The van der Waals surface area contributed by atoms with Gasteiger partial charge in [-0.1, -0.05) is 32.0 Å². The number of hydrogen-bond acceptors (Lipinski definition) is 4. The molecule has 0 spiro atoms. The van der Waals surface area contributed by atoms with Crippen molar-refractivity contribution < 1.29 is 13.5 Å². The van der Waals surface area contributed by atoms with Gasteiger partial charge in [-0.05, 0) is 24.0 Å². The van der Waals surface area contributed by atoms with Gasteiger partial charge in [0.25, 0.3) is 0 Å². The molecule has 0 radical (unpaired) electrons. The number of nitriles is 1. The van der Waals surface area contributed by atoms with Gasteiger partial charge in [-0.3, -0.25) is 0 Å². The summed E-state index contributed by atoms with van der Waals surface area (Å²) in [6.07, 6.45) is 0.372. The number of benzene rings is 1. The van der Waals surface area contributed by atoms with Gasteiger partial charge in [0.15, 0.2) is 0 Å². The lowest BCUT2D eigenvalue weighted by atomic mass is 10.0. The zero-order chi connectivity index (χ0) is 15.2. The highest BCUT2D eigenvalue weighted by Gasteiger charge is 2.21. The minimum absolute atomic E-state index is 0.0693. The number of nitrogens with zero attached hydrogens (tertiary/aromatic N) is 1. The van der Waals surface area contributed by atoms with Crippen LogP contribution in [0.4, 0.5) is 0 Å². The quantitative estimate of drug-likeness (QED) is 0.795. The van der Waals surface area contributed by atoms with Crippen molar-refractivity contribution in [2.45, 2.75) is 32.1 Å². The Hall–Kier alpha value is -1.42. The summed E-state index contributed by atoms with van der Waals surface area (Å²) in [5, 5.41) is 17.9. The van der Waals surface area contributed by atoms with Gasteiger partial charge < -0.3 is 5.11 Å². The Balaban J connectivity index is 2.87. The second-order valence-electron chi connectivity index (χ2n) is 5.01. The SMILES string of the molecule is CC(C)C(CCO)NS(=O)(=O)Cc1ccccc1C#N. The number of aliphatic hydroxyl groups excluding tert-OH is 1. The zero-order valence-corrected chi connectivity index (χ0v) is 12.5. The summed E-state index contributed by atoms with van der Waals surface area (Å²) in [5.41, 5.74) is 0.843. The topological polar surface area (TPSA) is 90.2 Å². The summed E-state index contributed by atoms with van der Waals surface area (Å²) < 4.78 is 26.9. The van der Waals surface area contributed by atoms with Crippen LogP contribution in [-0.4, -0.2) is 26.2 Å². The highest BCUT2D eigenvalue weighted by molar-refractivity contribution is 7.88. The van der Waals surface area contributed by atoms with Crippen molar-refractivity contribution >= 4 is 10.0 Å². The smallest absolute Gasteiger partial charge is 0.216 e. The first-order chi connectivity index (χ1) is 9.39. The van der Waals surface area contributed by atoms with Crippen LogP contribution in [0.1, 0.15) is 31.4 Å². The molecule has 0 fully saturated rings. The molecule has 0 aromatic heterocycles. The minimum atomic E-state index is -3.55. The van der Waals surface area contributed by atoms with Gasteiger partial charge >= 0.3 is 0 Å². The lowest BCUT2D eigenvalue weighted by molar-refractivity contribution is 0.256. The van der Waals surface area contributed by atoms with E-state index in [0.717, 1.165) is 0 Å². The van der Waals surface area contributed by atoms with Crippen LogP contribution in [0.3, 0.4) is 0 Å². The van der Waals surface area contributed by atoms with Crippen LogP contribution >= 0.6 is 0 Å². The Morgan fingerprint density at radius 1 is 1.35 bits per heavy atom. The van der Waals surface area contributed by atoms with Crippen molar-refractivity contribution in [2.24, 2.45) is 5.92 Å². The molecule has 0 saturated carbocycles. The van der Waals surface area contributed by atoms with Crippen LogP contribution in [0.15, 0.2) is 24.3 Å². The van der Waals surface area contributed by atoms with Gasteiger partial charge in [0.1, 0.15) is 0 Å². The number of hydrogen-bond donors (Lipinski definition) is 2. The summed E-state index contributed by atoms with van der Waals surface area (Å²) >= 11 is 0. The summed E-state index contributed by atoms with van der Waals surface area (Å²) in [4.78, 5) is 0. The van der Waals surface area contributed by atoms with Crippen LogP contribution in [0.2, 0.25) is 0 Å². The number of rotatable bonds is 7. The monoisotopic (exact) mass is 296 g/mol. The average molecular weight is 296 g/mol. The van der Waals surface area contributed by atoms with E-state index in [1.807, 2.05) is 19.9 Å². The molecule has 1 atom stereocenters. The first kappa shape index (κ1) is 16.6. The van der Waals surface area contributed by atoms with E-state index >= 15 is 0 Å². The Bertz CT molecular complexity index is 576. The fourth-order valence-corrected chi connectivity index (χ4v) is 3.50. The highest BCUT2D eigenvalue weighted by Crippen LogP contribution is 2.13. The highest BCUT2D eigenvalue weighted by atomic mass is 32.2. The second kappa shape index (κ2) is 7.39. The standard InChI is InChI=1S/C14H20N2O3S/c1-11(2)14(7-8-17)16-20(18,19)10-13-6-4-3-5-12(13)9-15/h3-6,11,14,16-17H,7-8,10H2,1-2H3. The maximum absolute atomic E-state index is 12.2. The Kier molecular flexibility index (Phi) is 6.14. The van der Waals surface area contributed by atoms with Gasteiger partial charge in [-0.15, -0.1) is 0 Å². The van der Waals surface area contributed by atoms with Crippen molar-refractivity contribution in [3.05, 3.63) is 35.4 Å². The third-order valence-corrected chi connectivity index (χ3v) is 4.41. The van der Waals surface area contributed by atoms with E-state index in [9.17, 15) is 8.42 Å². The van der Waals surface area contributed by atoms with E-state index < -0.39 is 10.0 Å². The fourth-order valence-electron chi connectivity index (χ4n) is 1.90. The van der Waals surface area contributed by atoms with E-state index in [2.05, 4.69) is 4.72 Å². The Morgan fingerprint density at radius 3 is 2.55 bits per heavy atom. The van der Waals surface area contributed by atoms with Crippen molar-refractivity contribution in [1.82, 2.24) is 4.72 Å². The second-order valence-corrected chi connectivity index (χ2v) is 6.76. The van der Waals surface area contributed by atoms with Gasteiger partial charge in [0, 0.05) is 12.6 Å². The molecule has 0 bridgehead atoms. The molecular formula is C14H20N2O3S. The predicted molar refractivity (Wildman–Crippen MR) is 77.2 cm³/mol. The molecule has 110 valence electrons. The van der Waals surface area contributed by atoms with Crippen molar-refractivity contribution in [3.8, 4) is 6.07 Å². The van der Waals surface area contributed by atoms with Gasteiger partial charge in [-0.2, -0.15) is 5.26 Å². The molecule has 0 heterocycles. The number of aliphatic hydroxyl groups is 1. The third-order valence-electron chi connectivity index (χ3n) is 3.06. The lowest BCUT2D eigenvalue weighted by Crippen LogP contribution is -2.39. The summed E-state index contributed by atoms with van der Waals surface area (Å²) in [6, 6.07) is 8.32. The normalized spacial score (nSPS) is 13.2. The maximum Gasteiger partial charge on any atom is 0.216 e. The van der Waals surface area contributed by atoms with Crippen LogP contribution in [0.25, 0.3) is 0 Å². The van der Waals surface area contributed by atoms with Crippen LogP contribution < -0.4 is 4.72 Å². The molecule has 6 heteroatoms. The van der Waals surface area contributed by atoms with E-state index in [4.69, 9.17) is 10.4 Å². The molecule has 0 saturated heterocycles. The Labute approximate surface area is 120 Å². The summed E-state index contributed by atoms with van der Waals surface area (Å²) in [7, 11) is -3.55. The van der Waals surface area contributed by atoms with Crippen molar-refractivity contribution in [2.75, 3.05) is 6.61 Å². The molecule has 1 unspecified atom stereocenters. The van der Waals surface area contributed by atoms with Crippen molar-refractivity contribution in [3.63, 3.8) is 0 Å². The molecule has 1 rings (SSSR count). The predicted octanol–water partition coefficient (Wildman–Crippen LogP) is 1.38. The molecule has 1 aromatic rings. The van der Waals surface area contributed by atoms with Gasteiger partial charge in [0.2, 0.25) is 10.0 Å². The molecule has 20 heavy (non-hydrogen) atoms. The largest absolute Gasteiger partial charge is 0.396 e. The van der Waals surface area contributed by atoms with Gasteiger partial charge in [-0.25, -0.2) is 13.1 Å². The summed E-state index contributed by atoms with van der Waals surface area (Å²) in [5.74, 6) is -0.145. The van der Waals surface area contributed by atoms with E-state index in [1.54, 1.807) is 24.3 Å². The fraction of sp³-hybridized carbons (Fsp3) is 0.500. The zero-order valence-electron chi connectivity index (χ0n) is 11.7. The third kappa shape index (κ3) is 4.93. The maximum atomic E-state index is 12.2. The summed E-state index contributed by atoms with van der Waals surface area (Å²) in [6.45, 7) is 3.72. The molecule has 0 aliphatic rings. The molecule has 2 N–H and O–H groups in total. The first-order valence-corrected chi connectivity index (χ1v) is 8.13. The molecule has 1 aromatic carbocycles. The number of sulfonamides is 1. The van der Waals surface area contributed by atoms with E-state index in [-0.39, 0.29) is 24.3 Å². The van der Waals surface area contributed by atoms with Crippen LogP contribution in [0, 0.1) is 17.2 Å².